The van der Waals surface area contributed by atoms with Gasteiger partial charge in [-0.25, -0.2) is 4.98 Å². The Morgan fingerprint density at radius 2 is 0.923 bits per heavy atom. The highest BCUT2D eigenvalue weighted by molar-refractivity contribution is 6.10. The van der Waals surface area contributed by atoms with Crippen molar-refractivity contribution in [1.29, 1.82) is 0 Å². The van der Waals surface area contributed by atoms with Gasteiger partial charge in [0.05, 0.1) is 38.9 Å². The van der Waals surface area contributed by atoms with Crippen LogP contribution in [0.2, 0.25) is 0 Å². The van der Waals surface area contributed by atoms with Gasteiger partial charge in [-0.05, 0) is 54.6 Å². The highest BCUT2D eigenvalue weighted by atomic mass is 19.4. The van der Waals surface area contributed by atoms with E-state index in [0.717, 1.165) is 40.0 Å². The summed E-state index contributed by atoms with van der Waals surface area (Å²) < 4.78 is 89.7. The van der Waals surface area contributed by atoms with Crippen LogP contribution in [0.25, 0.3) is 78.0 Å². The van der Waals surface area contributed by atoms with Gasteiger partial charge in [-0.2, -0.15) is 36.3 Å². The zero-order valence-electron chi connectivity index (χ0n) is 26.8. The summed E-state index contributed by atoms with van der Waals surface area (Å²) in [5.74, 6) is 0.504. The van der Waals surface area contributed by atoms with E-state index in [1.165, 1.54) is 22.8 Å². The molecule has 9 rings (SSSR count). The molecule has 0 spiro atoms. The van der Waals surface area contributed by atoms with Gasteiger partial charge in [-0.3, -0.25) is 4.57 Å². The number of alkyl halides is 6. The molecule has 0 N–H and O–H groups in total. The molecule has 11 heteroatoms. The summed E-state index contributed by atoms with van der Waals surface area (Å²) in [5, 5.41) is 2.49. The highest BCUT2D eigenvalue weighted by Gasteiger charge is 2.36. The maximum atomic E-state index is 15.1. The second kappa shape index (κ2) is 11.5. The summed E-state index contributed by atoms with van der Waals surface area (Å²) in [4.78, 5) is 14.3. The van der Waals surface area contributed by atoms with Crippen LogP contribution < -0.4 is 0 Å². The molecule has 0 aliphatic heterocycles. The van der Waals surface area contributed by atoms with Gasteiger partial charge >= 0.3 is 12.4 Å². The molecular formula is C41H23F6N5. The predicted octanol–water partition coefficient (Wildman–Crippen LogP) is 11.4. The minimum absolute atomic E-state index is 0.0137. The number of nitrogens with zero attached hydrogens (tertiary/aromatic N) is 5. The third kappa shape index (κ3) is 5.07. The number of hydrogen-bond donors (Lipinski definition) is 0. The molecule has 0 atom stereocenters. The predicted molar refractivity (Wildman–Crippen MR) is 189 cm³/mol. The van der Waals surface area contributed by atoms with E-state index in [9.17, 15) is 13.2 Å². The van der Waals surface area contributed by atoms with Crippen molar-refractivity contribution in [2.24, 2.45) is 0 Å². The lowest BCUT2D eigenvalue weighted by Crippen LogP contribution is -2.12. The molecule has 52 heavy (non-hydrogen) atoms. The second-order valence-corrected chi connectivity index (χ2v) is 12.3. The number of fused-ring (bicyclic) bond motifs is 6. The van der Waals surface area contributed by atoms with E-state index >= 15 is 13.2 Å². The fraction of sp³-hybridized carbons (Fsp3) is 0.0488. The van der Waals surface area contributed by atoms with Gasteiger partial charge in [0.25, 0.3) is 0 Å². The van der Waals surface area contributed by atoms with Crippen LogP contribution in [-0.4, -0.2) is 24.1 Å². The number of para-hydroxylation sites is 3. The van der Waals surface area contributed by atoms with Crippen LogP contribution in [0, 0.1) is 0 Å². The van der Waals surface area contributed by atoms with Crippen LogP contribution in [0.1, 0.15) is 11.1 Å². The second-order valence-electron chi connectivity index (χ2n) is 12.3. The topological polar surface area (TPSA) is 48.5 Å². The van der Waals surface area contributed by atoms with Crippen molar-refractivity contribution < 1.29 is 26.3 Å². The molecule has 0 aliphatic carbocycles. The summed E-state index contributed by atoms with van der Waals surface area (Å²) in [6.07, 6.45) is -9.49. The summed E-state index contributed by atoms with van der Waals surface area (Å²) >= 11 is 0. The van der Waals surface area contributed by atoms with E-state index < -0.39 is 23.5 Å². The first-order chi connectivity index (χ1) is 25.1. The number of halogens is 6. The van der Waals surface area contributed by atoms with Crippen LogP contribution in [0.15, 0.2) is 140 Å². The van der Waals surface area contributed by atoms with Gasteiger partial charge in [0, 0.05) is 32.7 Å². The number of hydrogen-bond acceptors (Lipinski definition) is 3. The van der Waals surface area contributed by atoms with Gasteiger partial charge in [-0.15, -0.1) is 0 Å². The molecule has 0 amide bonds. The largest absolute Gasteiger partial charge is 0.418 e. The first-order valence-electron chi connectivity index (χ1n) is 16.2. The third-order valence-electron chi connectivity index (χ3n) is 9.24. The van der Waals surface area contributed by atoms with E-state index in [-0.39, 0.29) is 39.8 Å². The highest BCUT2D eigenvalue weighted by Crippen LogP contribution is 2.42. The van der Waals surface area contributed by atoms with Crippen molar-refractivity contribution >= 4 is 43.6 Å². The molecule has 0 saturated carbocycles. The molecule has 0 bridgehead atoms. The van der Waals surface area contributed by atoms with Crippen LogP contribution in [-0.2, 0) is 12.4 Å². The normalized spacial score (nSPS) is 12.4. The molecule has 6 aromatic carbocycles. The van der Waals surface area contributed by atoms with Crippen LogP contribution >= 0.6 is 0 Å². The Kier molecular flexibility index (Phi) is 6.98. The van der Waals surface area contributed by atoms with E-state index in [0.29, 0.717) is 16.5 Å². The summed E-state index contributed by atoms with van der Waals surface area (Å²) in [7, 11) is 0. The van der Waals surface area contributed by atoms with E-state index in [1.807, 2.05) is 83.4 Å². The number of benzene rings is 6. The molecule has 0 unspecified atom stereocenters. The van der Waals surface area contributed by atoms with Crippen LogP contribution in [0.5, 0.6) is 0 Å². The summed E-state index contributed by atoms with van der Waals surface area (Å²) in [5.41, 5.74) is 0.731. The monoisotopic (exact) mass is 699 g/mol. The molecule has 3 heterocycles. The zero-order chi connectivity index (χ0) is 35.8. The Morgan fingerprint density at radius 3 is 1.52 bits per heavy atom. The molecule has 0 aliphatic rings. The molecule has 254 valence electrons. The lowest BCUT2D eigenvalue weighted by Gasteiger charge is -2.18. The fourth-order valence-corrected chi connectivity index (χ4v) is 6.95. The van der Waals surface area contributed by atoms with Crippen molar-refractivity contribution in [3.63, 3.8) is 0 Å². The maximum Gasteiger partial charge on any atom is 0.418 e. The first kappa shape index (κ1) is 31.5. The minimum atomic E-state index is -4.86. The van der Waals surface area contributed by atoms with Gasteiger partial charge in [0.2, 0.25) is 5.95 Å². The van der Waals surface area contributed by atoms with Crippen molar-refractivity contribution in [3.8, 4) is 34.4 Å². The Hall–Kier alpha value is -6.49. The summed E-state index contributed by atoms with van der Waals surface area (Å²) in [6, 6.07) is 37.9. The average molecular weight is 700 g/mol. The van der Waals surface area contributed by atoms with Crippen molar-refractivity contribution in [3.05, 3.63) is 151 Å². The smallest absolute Gasteiger partial charge is 0.309 e. The molecule has 0 saturated heterocycles. The molecule has 3 aromatic heterocycles. The number of rotatable bonds is 4. The molecule has 9 aromatic rings. The quantitative estimate of drug-likeness (QED) is 0.172. The Balaban J connectivity index is 1.29. The lowest BCUT2D eigenvalue weighted by molar-refractivity contribution is -0.138. The Morgan fingerprint density at radius 1 is 0.404 bits per heavy atom. The minimum Gasteiger partial charge on any atom is -0.309 e. The molecule has 5 nitrogen and oxygen atoms in total. The van der Waals surface area contributed by atoms with Crippen molar-refractivity contribution in [2.75, 3.05) is 0 Å². The van der Waals surface area contributed by atoms with E-state index in [1.54, 1.807) is 24.3 Å². The molecule has 0 radical (unpaired) electrons. The van der Waals surface area contributed by atoms with Crippen molar-refractivity contribution in [1.82, 2.24) is 24.1 Å². The Bertz CT molecular complexity index is 2780. The number of aromatic nitrogens is 5. The maximum absolute atomic E-state index is 15.1. The van der Waals surface area contributed by atoms with Gasteiger partial charge in [-0.1, -0.05) is 84.9 Å². The van der Waals surface area contributed by atoms with Gasteiger partial charge in [0.1, 0.15) is 0 Å². The lowest BCUT2D eigenvalue weighted by atomic mass is 10.1. The van der Waals surface area contributed by atoms with E-state index in [4.69, 9.17) is 9.97 Å². The molecular weight excluding hydrogens is 676 g/mol. The first-order valence-corrected chi connectivity index (χ1v) is 16.2. The fourth-order valence-electron chi connectivity index (χ4n) is 6.95. The average Bonchev–Trinajstić information content (AvgIpc) is 3.67. The Labute approximate surface area is 291 Å². The summed E-state index contributed by atoms with van der Waals surface area (Å²) in [6.45, 7) is 0. The van der Waals surface area contributed by atoms with Gasteiger partial charge < -0.3 is 4.57 Å². The zero-order valence-corrected chi connectivity index (χ0v) is 26.8. The van der Waals surface area contributed by atoms with Gasteiger partial charge in [0.15, 0.2) is 11.6 Å². The third-order valence-corrected chi connectivity index (χ3v) is 9.24. The van der Waals surface area contributed by atoms with Crippen LogP contribution in [0.3, 0.4) is 0 Å². The van der Waals surface area contributed by atoms with E-state index in [2.05, 4.69) is 4.98 Å². The van der Waals surface area contributed by atoms with Crippen molar-refractivity contribution in [2.45, 2.75) is 12.4 Å². The van der Waals surface area contributed by atoms with Crippen LogP contribution in [0.4, 0.5) is 26.3 Å². The molecule has 0 fully saturated rings. The SMILES string of the molecule is FC(F)(F)c1ccc2c(c1)c1ccccc1n2-c1ccc(-c2nc(-c3ccccc3)nc(-n3c4ccccc4c4ccccc43)n2)cc1C(F)(F)F. The standard InChI is InChI=1S/C41H23F6N5/c42-40(43,44)26-19-21-35-30(23-26)29-14-6-7-15-32(29)51(35)36-20-18-25(22-31(36)41(45,46)47)38-48-37(24-10-2-1-3-11-24)49-39(50-38)52-33-16-8-4-12-27(33)28-13-5-9-17-34(28)52/h1-23H.